The fraction of sp³-hybridized carbons (Fsp3) is 0.571. The first-order valence-electron chi connectivity index (χ1n) is 6.44. The highest BCUT2D eigenvalue weighted by Crippen LogP contribution is 2.25. The van der Waals surface area contributed by atoms with Gasteiger partial charge >= 0.3 is 0 Å². The Morgan fingerprint density at radius 3 is 2.94 bits per heavy atom. The molecule has 1 heterocycles. The summed E-state index contributed by atoms with van der Waals surface area (Å²) in [7, 11) is 0. The van der Waals surface area contributed by atoms with Crippen molar-refractivity contribution in [3.05, 3.63) is 34.6 Å². The number of hydrogen-bond donors (Lipinski definition) is 0. The molecule has 1 aromatic rings. The van der Waals surface area contributed by atoms with E-state index < -0.39 is 0 Å². The van der Waals surface area contributed by atoms with E-state index in [1.54, 1.807) is 6.07 Å². The molecule has 1 nitrogen and oxygen atoms in total. The average Bonchev–Trinajstić information content (AvgIpc) is 2.79. The summed E-state index contributed by atoms with van der Waals surface area (Å²) < 4.78 is 13.1. The molecule has 0 bridgehead atoms. The normalized spacial score (nSPS) is 20.5. The van der Waals surface area contributed by atoms with E-state index in [1.165, 1.54) is 18.9 Å². The van der Waals surface area contributed by atoms with Crippen LogP contribution in [0, 0.1) is 5.82 Å². The molecule has 0 aliphatic carbocycles. The highest BCUT2D eigenvalue weighted by Gasteiger charge is 2.23. The molecule has 18 heavy (non-hydrogen) atoms. The smallest absolute Gasteiger partial charge is 0.141 e. The van der Waals surface area contributed by atoms with E-state index in [-0.39, 0.29) is 10.8 Å². The van der Waals surface area contributed by atoms with Gasteiger partial charge in [-0.2, -0.15) is 0 Å². The zero-order chi connectivity index (χ0) is 13.0. The number of rotatable bonds is 5. The van der Waals surface area contributed by atoms with Crippen LogP contribution < -0.4 is 0 Å². The van der Waals surface area contributed by atoms with Crippen molar-refractivity contribution in [2.24, 2.45) is 0 Å². The minimum atomic E-state index is -0.347. The fourth-order valence-electron chi connectivity index (χ4n) is 2.62. The highest BCUT2D eigenvalue weighted by atomic mass is 35.5. The Labute approximate surface area is 118 Å². The van der Waals surface area contributed by atoms with E-state index in [9.17, 15) is 4.39 Å². The zero-order valence-electron chi connectivity index (χ0n) is 10.3. The monoisotopic (exact) mass is 289 g/mol. The Kier molecular flexibility index (Phi) is 5.28. The van der Waals surface area contributed by atoms with Crippen molar-refractivity contribution in [3.63, 3.8) is 0 Å². The zero-order valence-corrected chi connectivity index (χ0v) is 11.9. The van der Waals surface area contributed by atoms with Crippen LogP contribution in [0.3, 0.4) is 0 Å². The molecule has 1 unspecified atom stereocenters. The number of likely N-dealkylation sites (tertiary alicyclic amines) is 1. The summed E-state index contributed by atoms with van der Waals surface area (Å²) >= 11 is 11.6. The molecule has 0 aromatic heterocycles. The number of alkyl halides is 1. The molecular weight excluding hydrogens is 272 g/mol. The predicted molar refractivity (Wildman–Crippen MR) is 74.8 cm³/mol. The summed E-state index contributed by atoms with van der Waals surface area (Å²) in [6.07, 6.45) is 4.69. The van der Waals surface area contributed by atoms with Crippen molar-refractivity contribution in [2.45, 2.75) is 38.3 Å². The van der Waals surface area contributed by atoms with E-state index in [4.69, 9.17) is 23.2 Å². The second-order valence-corrected chi connectivity index (χ2v) is 5.63. The van der Waals surface area contributed by atoms with E-state index >= 15 is 0 Å². The minimum Gasteiger partial charge on any atom is -0.296 e. The second-order valence-electron chi connectivity index (χ2n) is 4.85. The lowest BCUT2D eigenvalue weighted by atomic mass is 10.1. The van der Waals surface area contributed by atoms with Crippen LogP contribution in [0.25, 0.3) is 0 Å². The van der Waals surface area contributed by atoms with Crippen LogP contribution in [0.4, 0.5) is 4.39 Å². The van der Waals surface area contributed by atoms with Crippen molar-refractivity contribution in [3.8, 4) is 0 Å². The third kappa shape index (κ3) is 3.59. The highest BCUT2D eigenvalue weighted by molar-refractivity contribution is 6.30. The minimum absolute atomic E-state index is 0.212. The van der Waals surface area contributed by atoms with Gasteiger partial charge in [-0.1, -0.05) is 17.7 Å². The summed E-state index contributed by atoms with van der Waals surface area (Å²) in [5.74, 6) is 0.382. The van der Waals surface area contributed by atoms with Crippen LogP contribution in [0.1, 0.15) is 31.2 Å². The van der Waals surface area contributed by atoms with Crippen molar-refractivity contribution >= 4 is 23.2 Å². The molecule has 1 aliphatic rings. The molecule has 1 atom stereocenters. The Morgan fingerprint density at radius 2 is 2.22 bits per heavy atom. The van der Waals surface area contributed by atoms with Gasteiger partial charge in [0.15, 0.2) is 0 Å². The van der Waals surface area contributed by atoms with Crippen molar-refractivity contribution in [2.75, 3.05) is 12.4 Å². The van der Waals surface area contributed by atoms with Crippen LogP contribution >= 0.6 is 23.2 Å². The number of hydrogen-bond acceptors (Lipinski definition) is 1. The van der Waals surface area contributed by atoms with Crippen LogP contribution in [0.15, 0.2) is 18.2 Å². The summed E-state index contributed by atoms with van der Waals surface area (Å²) in [4.78, 5) is 2.45. The summed E-state index contributed by atoms with van der Waals surface area (Å²) in [5, 5.41) is 0.212. The topological polar surface area (TPSA) is 3.24 Å². The molecule has 1 aromatic carbocycles. The van der Waals surface area contributed by atoms with Crippen LogP contribution in [-0.2, 0) is 6.54 Å². The van der Waals surface area contributed by atoms with E-state index in [1.807, 2.05) is 6.07 Å². The molecule has 100 valence electrons. The van der Waals surface area contributed by atoms with Crippen molar-refractivity contribution in [1.82, 2.24) is 4.90 Å². The third-order valence-corrected chi connectivity index (χ3v) is 4.10. The molecule has 0 radical (unpaired) electrons. The fourth-order valence-corrected chi connectivity index (χ4v) is 2.97. The van der Waals surface area contributed by atoms with Gasteiger partial charge in [-0.05, 0) is 49.9 Å². The van der Waals surface area contributed by atoms with E-state index in [0.29, 0.717) is 6.04 Å². The van der Waals surface area contributed by atoms with Gasteiger partial charge in [0.25, 0.3) is 0 Å². The van der Waals surface area contributed by atoms with E-state index in [2.05, 4.69) is 4.90 Å². The molecule has 1 saturated heterocycles. The quantitative estimate of drug-likeness (QED) is 0.724. The number of halogens is 3. The summed E-state index contributed by atoms with van der Waals surface area (Å²) in [6.45, 7) is 1.97. The Bertz CT molecular complexity index is 397. The summed E-state index contributed by atoms with van der Waals surface area (Å²) in [5.41, 5.74) is 1.08. The van der Waals surface area contributed by atoms with Gasteiger partial charge in [0.2, 0.25) is 0 Å². The van der Waals surface area contributed by atoms with Crippen LogP contribution in [0.2, 0.25) is 5.02 Å². The molecule has 1 aliphatic heterocycles. The van der Waals surface area contributed by atoms with Gasteiger partial charge in [-0.25, -0.2) is 4.39 Å². The number of nitrogens with zero attached hydrogens (tertiary/aromatic N) is 1. The van der Waals surface area contributed by atoms with Crippen LogP contribution in [-0.4, -0.2) is 23.4 Å². The molecule has 0 N–H and O–H groups in total. The molecule has 4 heteroatoms. The molecule has 0 spiro atoms. The lowest BCUT2D eigenvalue weighted by Crippen LogP contribution is -2.28. The van der Waals surface area contributed by atoms with Gasteiger partial charge in [-0.15, -0.1) is 11.6 Å². The van der Waals surface area contributed by atoms with Gasteiger partial charge in [0.1, 0.15) is 5.82 Å². The van der Waals surface area contributed by atoms with Gasteiger partial charge < -0.3 is 0 Å². The first-order valence-corrected chi connectivity index (χ1v) is 7.36. The number of benzene rings is 1. The average molecular weight is 290 g/mol. The van der Waals surface area contributed by atoms with Crippen molar-refractivity contribution < 1.29 is 4.39 Å². The lowest BCUT2D eigenvalue weighted by Gasteiger charge is -2.24. The lowest BCUT2D eigenvalue weighted by molar-refractivity contribution is 0.233. The molecule has 2 rings (SSSR count). The Balaban J connectivity index is 1.96. The van der Waals surface area contributed by atoms with Crippen molar-refractivity contribution in [1.29, 1.82) is 0 Å². The predicted octanol–water partition coefficient (Wildman–Crippen LogP) is 4.46. The molecule has 0 saturated carbocycles. The standard InChI is InChI=1S/C14H18Cl2FN/c15-7-1-3-12-4-2-8-18(12)10-11-5-6-14(17)13(16)9-11/h5-6,9,12H,1-4,7-8,10H2. The molecule has 0 amide bonds. The Morgan fingerprint density at radius 1 is 1.39 bits per heavy atom. The largest absolute Gasteiger partial charge is 0.296 e. The second kappa shape index (κ2) is 6.74. The maximum atomic E-state index is 13.1. The third-order valence-electron chi connectivity index (χ3n) is 3.54. The van der Waals surface area contributed by atoms with Crippen LogP contribution in [0.5, 0.6) is 0 Å². The maximum absolute atomic E-state index is 13.1. The van der Waals surface area contributed by atoms with Gasteiger partial charge in [-0.3, -0.25) is 4.90 Å². The van der Waals surface area contributed by atoms with Gasteiger partial charge in [0, 0.05) is 18.5 Å². The summed E-state index contributed by atoms with van der Waals surface area (Å²) in [6, 6.07) is 5.61. The first-order chi connectivity index (χ1) is 8.70. The molecule has 1 fully saturated rings. The van der Waals surface area contributed by atoms with Gasteiger partial charge in [0.05, 0.1) is 5.02 Å². The Hall–Kier alpha value is -0.310. The molecular formula is C14H18Cl2FN. The SMILES string of the molecule is Fc1ccc(CN2CCCC2CCCCl)cc1Cl. The van der Waals surface area contributed by atoms with E-state index in [0.717, 1.165) is 37.4 Å². The maximum Gasteiger partial charge on any atom is 0.141 e. The first kappa shape index (κ1) is 14.1.